The minimum atomic E-state index is -4.39. The Kier molecular flexibility index (Phi) is 6.56. The van der Waals surface area contributed by atoms with Gasteiger partial charge in [-0.05, 0) is 30.5 Å². The van der Waals surface area contributed by atoms with Crippen LogP contribution in [0.25, 0.3) is 0 Å². The highest BCUT2D eigenvalue weighted by molar-refractivity contribution is 7.99. The minimum Gasteiger partial charge on any atom is -0.325 e. The minimum absolute atomic E-state index is 0.143. The molecule has 24 heavy (non-hydrogen) atoms. The van der Waals surface area contributed by atoms with Gasteiger partial charge in [-0.2, -0.15) is 13.2 Å². The molecule has 0 atom stereocenters. The Balaban J connectivity index is 1.82. The number of alkyl halides is 3. The number of aromatic nitrogens is 1. The van der Waals surface area contributed by atoms with E-state index in [-0.39, 0.29) is 12.3 Å². The van der Waals surface area contributed by atoms with Crippen LogP contribution in [0.1, 0.15) is 12.0 Å². The van der Waals surface area contributed by atoms with Gasteiger partial charge in [0.1, 0.15) is 0 Å². The monoisotopic (exact) mass is 372 g/mol. The van der Waals surface area contributed by atoms with Crippen molar-refractivity contribution in [2.45, 2.75) is 22.5 Å². The van der Waals surface area contributed by atoms with Crippen LogP contribution < -0.4 is 5.32 Å². The van der Waals surface area contributed by atoms with E-state index in [4.69, 9.17) is 0 Å². The number of amides is 1. The van der Waals surface area contributed by atoms with E-state index in [2.05, 4.69) is 10.3 Å². The predicted molar refractivity (Wildman–Crippen MR) is 91.4 cm³/mol. The van der Waals surface area contributed by atoms with E-state index in [1.54, 1.807) is 0 Å². The maximum atomic E-state index is 12.4. The van der Waals surface area contributed by atoms with Crippen molar-refractivity contribution in [2.24, 2.45) is 0 Å². The molecule has 0 aliphatic heterocycles. The van der Waals surface area contributed by atoms with E-state index in [1.807, 2.05) is 30.5 Å². The Hall–Kier alpha value is -1.67. The molecular formula is C16H15F3N2OS2. The van der Waals surface area contributed by atoms with Gasteiger partial charge in [-0.15, -0.1) is 23.5 Å². The second-order valence-electron chi connectivity index (χ2n) is 4.73. The van der Waals surface area contributed by atoms with Crippen molar-refractivity contribution >= 4 is 35.1 Å². The van der Waals surface area contributed by atoms with Crippen LogP contribution in [0.4, 0.5) is 18.9 Å². The number of anilines is 1. The topological polar surface area (TPSA) is 42.0 Å². The molecule has 0 unspecified atom stereocenters. The Morgan fingerprint density at radius 3 is 2.58 bits per heavy atom. The molecule has 0 bridgehead atoms. The first-order valence-corrected chi connectivity index (χ1v) is 9.20. The summed E-state index contributed by atoms with van der Waals surface area (Å²) in [5, 5.41) is 3.29. The van der Waals surface area contributed by atoms with Crippen LogP contribution in [0, 0.1) is 0 Å². The Bertz CT molecular complexity index is 690. The first-order chi connectivity index (χ1) is 11.4. The highest BCUT2D eigenvalue weighted by Gasteiger charge is 2.30. The molecule has 128 valence electrons. The maximum Gasteiger partial charge on any atom is 0.417 e. The van der Waals surface area contributed by atoms with Gasteiger partial charge in [0.05, 0.1) is 16.3 Å². The number of hydrogen-bond acceptors (Lipinski definition) is 4. The number of benzene rings is 1. The molecule has 8 heteroatoms. The third-order valence-electron chi connectivity index (χ3n) is 3.02. The number of halogens is 3. The summed E-state index contributed by atoms with van der Waals surface area (Å²) in [5.74, 6) is 0.293. The smallest absolute Gasteiger partial charge is 0.325 e. The maximum absolute atomic E-state index is 12.4. The van der Waals surface area contributed by atoms with Crippen LogP contribution in [0.3, 0.4) is 0 Å². The van der Waals surface area contributed by atoms with Gasteiger partial charge in [-0.25, -0.2) is 4.98 Å². The summed E-state index contributed by atoms with van der Waals surface area (Å²) >= 11 is 2.78. The van der Waals surface area contributed by atoms with Crippen LogP contribution in [0.2, 0.25) is 0 Å². The van der Waals surface area contributed by atoms with Crippen LogP contribution in [0.5, 0.6) is 0 Å². The van der Waals surface area contributed by atoms with Gasteiger partial charge < -0.3 is 5.32 Å². The highest BCUT2D eigenvalue weighted by Crippen LogP contribution is 2.29. The number of nitrogens with one attached hydrogen (secondary N) is 1. The fourth-order valence-corrected chi connectivity index (χ4v) is 3.18. The van der Waals surface area contributed by atoms with Crippen molar-refractivity contribution in [3.8, 4) is 0 Å². The summed E-state index contributed by atoms with van der Waals surface area (Å²) in [6.45, 7) is 0. The second kappa shape index (κ2) is 8.43. The van der Waals surface area contributed by atoms with Crippen LogP contribution >= 0.6 is 23.5 Å². The quantitative estimate of drug-likeness (QED) is 0.729. The molecule has 1 amide bonds. The summed E-state index contributed by atoms with van der Waals surface area (Å²) in [4.78, 5) is 16.7. The van der Waals surface area contributed by atoms with E-state index in [1.165, 1.54) is 29.6 Å². The zero-order valence-corrected chi connectivity index (χ0v) is 14.4. The van der Waals surface area contributed by atoms with Gasteiger partial charge in [-0.3, -0.25) is 4.79 Å². The molecule has 1 N–H and O–H groups in total. The molecule has 0 aliphatic carbocycles. The SMILES string of the molecule is CSc1ccccc1NC(=O)CCSc1ccc(C(F)(F)F)cn1. The molecule has 1 heterocycles. The van der Waals surface area contributed by atoms with Gasteiger partial charge in [0.25, 0.3) is 0 Å². The van der Waals surface area contributed by atoms with Gasteiger partial charge >= 0.3 is 6.18 Å². The third-order valence-corrected chi connectivity index (χ3v) is 4.77. The summed E-state index contributed by atoms with van der Waals surface area (Å²) < 4.78 is 37.3. The Morgan fingerprint density at radius 2 is 1.96 bits per heavy atom. The van der Waals surface area contributed by atoms with E-state index < -0.39 is 11.7 Å². The van der Waals surface area contributed by atoms with Crippen LogP contribution in [-0.2, 0) is 11.0 Å². The number of carbonyl (C=O) groups is 1. The lowest BCUT2D eigenvalue weighted by molar-refractivity contribution is -0.137. The standard InChI is InChI=1S/C16H15F3N2OS2/c1-23-13-5-3-2-4-12(13)21-14(22)8-9-24-15-7-6-11(10-20-15)16(17,18)19/h2-7,10H,8-9H2,1H3,(H,21,22). The third kappa shape index (κ3) is 5.45. The lowest BCUT2D eigenvalue weighted by atomic mass is 10.3. The normalized spacial score (nSPS) is 11.3. The number of pyridine rings is 1. The lowest BCUT2D eigenvalue weighted by Crippen LogP contribution is -2.12. The first-order valence-electron chi connectivity index (χ1n) is 6.99. The summed E-state index contributed by atoms with van der Waals surface area (Å²) in [6, 6.07) is 9.79. The molecule has 1 aromatic carbocycles. The number of thioether (sulfide) groups is 2. The van der Waals surface area contributed by atoms with Crippen molar-refractivity contribution in [3.63, 3.8) is 0 Å². The first kappa shape index (κ1) is 18.7. The predicted octanol–water partition coefficient (Wildman–Crippen LogP) is 4.94. The van der Waals surface area contributed by atoms with Crippen LogP contribution in [0.15, 0.2) is 52.5 Å². The number of nitrogens with zero attached hydrogens (tertiary/aromatic N) is 1. The number of carbonyl (C=O) groups excluding carboxylic acids is 1. The molecule has 0 fully saturated rings. The average Bonchev–Trinajstić information content (AvgIpc) is 2.55. The van der Waals surface area contributed by atoms with Crippen molar-refractivity contribution in [3.05, 3.63) is 48.2 Å². The number of rotatable bonds is 6. The number of hydrogen-bond donors (Lipinski definition) is 1. The lowest BCUT2D eigenvalue weighted by Gasteiger charge is -2.09. The summed E-state index contributed by atoms with van der Waals surface area (Å²) in [6.07, 6.45) is -1.41. The van der Waals surface area contributed by atoms with Gasteiger partial charge in [0, 0.05) is 23.3 Å². The molecule has 0 spiro atoms. The van der Waals surface area contributed by atoms with Crippen molar-refractivity contribution in [1.82, 2.24) is 4.98 Å². The molecule has 0 saturated heterocycles. The van der Waals surface area contributed by atoms with E-state index in [0.717, 1.165) is 22.8 Å². The van der Waals surface area contributed by atoms with Gasteiger partial charge in [-0.1, -0.05) is 12.1 Å². The van der Waals surface area contributed by atoms with E-state index >= 15 is 0 Å². The van der Waals surface area contributed by atoms with E-state index in [0.29, 0.717) is 10.8 Å². The number of para-hydroxylation sites is 1. The largest absolute Gasteiger partial charge is 0.417 e. The molecule has 2 aromatic rings. The molecule has 2 rings (SSSR count). The summed E-state index contributed by atoms with van der Waals surface area (Å²) in [5.41, 5.74) is -0.0223. The molecule has 1 aromatic heterocycles. The Labute approximate surface area is 146 Å². The zero-order chi connectivity index (χ0) is 17.6. The average molecular weight is 372 g/mol. The van der Waals surface area contributed by atoms with Crippen molar-refractivity contribution in [1.29, 1.82) is 0 Å². The van der Waals surface area contributed by atoms with Crippen LogP contribution in [-0.4, -0.2) is 22.9 Å². The van der Waals surface area contributed by atoms with Crippen molar-refractivity contribution in [2.75, 3.05) is 17.3 Å². The molecule has 0 aliphatic rings. The summed E-state index contributed by atoms with van der Waals surface area (Å²) in [7, 11) is 0. The molecule has 0 saturated carbocycles. The zero-order valence-electron chi connectivity index (χ0n) is 12.8. The highest BCUT2D eigenvalue weighted by atomic mass is 32.2. The second-order valence-corrected chi connectivity index (χ2v) is 6.69. The van der Waals surface area contributed by atoms with E-state index in [9.17, 15) is 18.0 Å². The fourth-order valence-electron chi connectivity index (χ4n) is 1.84. The molecule has 0 radical (unpaired) electrons. The van der Waals surface area contributed by atoms with Gasteiger partial charge in [0.15, 0.2) is 0 Å². The van der Waals surface area contributed by atoms with Crippen molar-refractivity contribution < 1.29 is 18.0 Å². The fraction of sp³-hybridized carbons (Fsp3) is 0.250. The Morgan fingerprint density at radius 1 is 1.21 bits per heavy atom. The molecule has 3 nitrogen and oxygen atoms in total. The van der Waals surface area contributed by atoms with Gasteiger partial charge in [0.2, 0.25) is 5.91 Å². The molecular weight excluding hydrogens is 357 g/mol.